The van der Waals surface area contributed by atoms with Crippen LogP contribution in [0.4, 0.5) is 4.39 Å². The van der Waals surface area contributed by atoms with Crippen molar-refractivity contribution in [2.45, 2.75) is 13.3 Å². The van der Waals surface area contributed by atoms with Gasteiger partial charge in [0.15, 0.2) is 0 Å². The van der Waals surface area contributed by atoms with E-state index in [1.165, 1.54) is 12.1 Å². The Morgan fingerprint density at radius 3 is 2.36 bits per heavy atom. The van der Waals surface area contributed by atoms with Gasteiger partial charge in [-0.05, 0) is 35.7 Å². The first-order chi connectivity index (χ1) is 10.5. The maximum Gasteiger partial charge on any atom is 0.226 e. The predicted molar refractivity (Wildman–Crippen MR) is 85.4 cm³/mol. The Labute approximate surface area is 130 Å². The lowest BCUT2D eigenvalue weighted by Gasteiger charge is -2.11. The summed E-state index contributed by atoms with van der Waals surface area (Å²) in [4.78, 5) is 13.3. The van der Waals surface area contributed by atoms with E-state index in [1.54, 1.807) is 19.0 Å². The lowest BCUT2D eigenvalue weighted by molar-refractivity contribution is -0.127. The van der Waals surface area contributed by atoms with Crippen molar-refractivity contribution in [3.8, 4) is 16.9 Å². The second-order valence-electron chi connectivity index (χ2n) is 5.27. The van der Waals surface area contributed by atoms with Crippen LogP contribution in [0.3, 0.4) is 0 Å². The molecule has 3 nitrogen and oxygen atoms in total. The van der Waals surface area contributed by atoms with Gasteiger partial charge in [0.2, 0.25) is 5.91 Å². The molecule has 1 amide bonds. The minimum absolute atomic E-state index is 0.0529. The standard InChI is InChI=1S/C18H20FNO2/c1-4-22-17-11-15(10-16(19)12-17)14-7-5-13(6-8-14)9-18(21)20(2)3/h5-8,10-12H,4,9H2,1-3H3. The Hall–Kier alpha value is -2.36. The Balaban J connectivity index is 2.21. The number of nitrogens with zero attached hydrogens (tertiary/aromatic N) is 1. The second-order valence-corrected chi connectivity index (χ2v) is 5.27. The third-order valence-electron chi connectivity index (χ3n) is 3.32. The number of benzene rings is 2. The molecule has 0 bridgehead atoms. The number of halogens is 1. The summed E-state index contributed by atoms with van der Waals surface area (Å²) in [7, 11) is 3.47. The van der Waals surface area contributed by atoms with E-state index in [0.717, 1.165) is 16.7 Å². The van der Waals surface area contributed by atoms with Gasteiger partial charge in [0.1, 0.15) is 11.6 Å². The molecule has 116 valence electrons. The predicted octanol–water partition coefficient (Wildman–Crippen LogP) is 3.52. The van der Waals surface area contributed by atoms with Gasteiger partial charge in [-0.25, -0.2) is 4.39 Å². The van der Waals surface area contributed by atoms with E-state index in [9.17, 15) is 9.18 Å². The van der Waals surface area contributed by atoms with Crippen molar-refractivity contribution in [1.82, 2.24) is 4.90 Å². The van der Waals surface area contributed by atoms with Crippen molar-refractivity contribution in [1.29, 1.82) is 0 Å². The molecule has 0 atom stereocenters. The highest BCUT2D eigenvalue weighted by Gasteiger charge is 2.07. The van der Waals surface area contributed by atoms with E-state index in [1.807, 2.05) is 37.3 Å². The van der Waals surface area contributed by atoms with Gasteiger partial charge in [-0.3, -0.25) is 4.79 Å². The largest absolute Gasteiger partial charge is 0.494 e. The van der Waals surface area contributed by atoms with Crippen LogP contribution in [-0.2, 0) is 11.2 Å². The van der Waals surface area contributed by atoms with Crippen LogP contribution in [0.2, 0.25) is 0 Å². The van der Waals surface area contributed by atoms with Gasteiger partial charge in [0, 0.05) is 20.2 Å². The number of rotatable bonds is 5. The minimum atomic E-state index is -0.326. The molecule has 0 spiro atoms. The summed E-state index contributed by atoms with van der Waals surface area (Å²) in [5.41, 5.74) is 2.58. The highest BCUT2D eigenvalue weighted by Crippen LogP contribution is 2.26. The summed E-state index contributed by atoms with van der Waals surface area (Å²) in [5, 5.41) is 0. The fourth-order valence-corrected chi connectivity index (χ4v) is 2.13. The van der Waals surface area contributed by atoms with Gasteiger partial charge < -0.3 is 9.64 Å². The Morgan fingerprint density at radius 1 is 1.09 bits per heavy atom. The third kappa shape index (κ3) is 4.07. The number of ether oxygens (including phenoxy) is 1. The molecular formula is C18H20FNO2. The molecule has 0 heterocycles. The topological polar surface area (TPSA) is 29.5 Å². The van der Waals surface area contributed by atoms with E-state index >= 15 is 0 Å². The SMILES string of the molecule is CCOc1cc(F)cc(-c2ccc(CC(=O)N(C)C)cc2)c1. The number of hydrogen-bond donors (Lipinski definition) is 0. The molecule has 4 heteroatoms. The summed E-state index contributed by atoms with van der Waals surface area (Å²) in [6.45, 7) is 2.36. The number of likely N-dealkylation sites (N-methyl/N-ethyl adjacent to an activating group) is 1. The Kier molecular flexibility index (Phi) is 5.15. The molecule has 0 aliphatic carbocycles. The fraction of sp³-hybridized carbons (Fsp3) is 0.278. The maximum absolute atomic E-state index is 13.6. The monoisotopic (exact) mass is 301 g/mol. The van der Waals surface area contributed by atoms with Crippen LogP contribution in [-0.4, -0.2) is 31.5 Å². The lowest BCUT2D eigenvalue weighted by atomic mass is 10.0. The average Bonchev–Trinajstić information content (AvgIpc) is 2.47. The van der Waals surface area contributed by atoms with Crippen molar-refractivity contribution < 1.29 is 13.9 Å². The molecule has 0 radical (unpaired) electrons. The summed E-state index contributed by atoms with van der Waals surface area (Å²) >= 11 is 0. The zero-order valence-electron chi connectivity index (χ0n) is 13.1. The summed E-state index contributed by atoms with van der Waals surface area (Å²) in [5.74, 6) is 0.245. The first-order valence-electron chi connectivity index (χ1n) is 7.22. The Morgan fingerprint density at radius 2 is 1.77 bits per heavy atom. The molecule has 0 unspecified atom stereocenters. The van der Waals surface area contributed by atoms with Crippen LogP contribution in [0.25, 0.3) is 11.1 Å². The summed E-state index contributed by atoms with van der Waals surface area (Å²) < 4.78 is 19.0. The fourth-order valence-electron chi connectivity index (χ4n) is 2.13. The number of amides is 1. The lowest BCUT2D eigenvalue weighted by Crippen LogP contribution is -2.23. The van der Waals surface area contributed by atoms with Crippen molar-refractivity contribution in [2.75, 3.05) is 20.7 Å². The first kappa shape index (κ1) is 16.0. The smallest absolute Gasteiger partial charge is 0.226 e. The zero-order valence-corrected chi connectivity index (χ0v) is 13.1. The molecule has 0 aromatic heterocycles. The van der Waals surface area contributed by atoms with Crippen LogP contribution in [0, 0.1) is 5.82 Å². The minimum Gasteiger partial charge on any atom is -0.494 e. The molecule has 0 saturated carbocycles. The molecule has 2 rings (SSSR count). The van der Waals surface area contributed by atoms with Crippen molar-refractivity contribution in [2.24, 2.45) is 0 Å². The van der Waals surface area contributed by atoms with E-state index in [0.29, 0.717) is 18.8 Å². The summed E-state index contributed by atoms with van der Waals surface area (Å²) in [6, 6.07) is 12.2. The van der Waals surface area contributed by atoms with Crippen LogP contribution in [0.1, 0.15) is 12.5 Å². The average molecular weight is 301 g/mol. The summed E-state index contributed by atoms with van der Waals surface area (Å²) in [6.07, 6.45) is 0.362. The van der Waals surface area contributed by atoms with Gasteiger partial charge in [-0.1, -0.05) is 24.3 Å². The van der Waals surface area contributed by atoms with E-state index in [2.05, 4.69) is 0 Å². The van der Waals surface area contributed by atoms with Gasteiger partial charge in [0.25, 0.3) is 0 Å². The van der Waals surface area contributed by atoms with Crippen molar-refractivity contribution in [3.63, 3.8) is 0 Å². The number of hydrogen-bond acceptors (Lipinski definition) is 2. The van der Waals surface area contributed by atoms with Gasteiger partial charge >= 0.3 is 0 Å². The van der Waals surface area contributed by atoms with Gasteiger partial charge in [-0.2, -0.15) is 0 Å². The molecule has 0 fully saturated rings. The molecule has 0 N–H and O–H groups in total. The molecule has 0 saturated heterocycles. The maximum atomic E-state index is 13.6. The van der Waals surface area contributed by atoms with E-state index < -0.39 is 0 Å². The van der Waals surface area contributed by atoms with Crippen LogP contribution < -0.4 is 4.74 Å². The number of carbonyl (C=O) groups is 1. The molecule has 2 aromatic rings. The highest BCUT2D eigenvalue weighted by atomic mass is 19.1. The van der Waals surface area contributed by atoms with Crippen LogP contribution >= 0.6 is 0 Å². The van der Waals surface area contributed by atoms with Gasteiger partial charge in [-0.15, -0.1) is 0 Å². The van der Waals surface area contributed by atoms with Crippen molar-refractivity contribution >= 4 is 5.91 Å². The van der Waals surface area contributed by atoms with Gasteiger partial charge in [0.05, 0.1) is 13.0 Å². The molecule has 0 aliphatic rings. The van der Waals surface area contributed by atoms with Crippen molar-refractivity contribution in [3.05, 3.63) is 53.8 Å². The quantitative estimate of drug-likeness (QED) is 0.845. The van der Waals surface area contributed by atoms with E-state index in [4.69, 9.17) is 4.74 Å². The molecular weight excluding hydrogens is 281 g/mol. The Bertz CT molecular complexity index is 651. The van der Waals surface area contributed by atoms with Crippen LogP contribution in [0.5, 0.6) is 5.75 Å². The second kappa shape index (κ2) is 7.07. The van der Waals surface area contributed by atoms with Crippen LogP contribution in [0.15, 0.2) is 42.5 Å². The molecule has 22 heavy (non-hydrogen) atoms. The molecule has 2 aromatic carbocycles. The first-order valence-corrected chi connectivity index (χ1v) is 7.22. The van der Waals surface area contributed by atoms with E-state index in [-0.39, 0.29) is 11.7 Å². The normalized spacial score (nSPS) is 10.4. The third-order valence-corrected chi connectivity index (χ3v) is 3.32. The molecule has 0 aliphatic heterocycles. The zero-order chi connectivity index (χ0) is 16.1. The highest BCUT2D eigenvalue weighted by molar-refractivity contribution is 5.78. The number of carbonyl (C=O) groups excluding carboxylic acids is 1.